The molecule has 2 fully saturated rings. The van der Waals surface area contributed by atoms with Gasteiger partial charge in [0, 0.05) is 48.8 Å². The summed E-state index contributed by atoms with van der Waals surface area (Å²) in [6.07, 6.45) is 2.43. The monoisotopic (exact) mass is 576 g/mol. The molecule has 12 heteroatoms. The first kappa shape index (κ1) is 26.7. The standard InChI is InChI=1S/C29H26ClFN6O4/c30-22-11-18(3-6-23(22)31)35-28-21-12-25(26(13-24(21)33-16-34-28)41-20-8-10-40-15-20)32-14-17-1-4-19(5-2-17)37-9-7-27(38)36-29(37)39/h1-6,11-13,16,20,32H,7-10,14-15H2,(H,33,34,35)(H,36,38,39)/t20-/m0/s1. The molecule has 41 heavy (non-hydrogen) atoms. The Morgan fingerprint density at radius 1 is 1.12 bits per heavy atom. The number of carbonyl (C=O) groups is 2. The van der Waals surface area contributed by atoms with E-state index in [1.165, 1.54) is 18.5 Å². The van der Waals surface area contributed by atoms with E-state index in [9.17, 15) is 14.0 Å². The van der Waals surface area contributed by atoms with Gasteiger partial charge in [-0.15, -0.1) is 0 Å². The molecule has 0 bridgehead atoms. The molecule has 3 heterocycles. The van der Waals surface area contributed by atoms with Crippen LogP contribution in [0.1, 0.15) is 18.4 Å². The Kier molecular flexibility index (Phi) is 7.53. The number of hydrogen-bond donors (Lipinski definition) is 3. The molecular formula is C29H26ClFN6O4. The summed E-state index contributed by atoms with van der Waals surface area (Å²) >= 11 is 5.97. The zero-order valence-corrected chi connectivity index (χ0v) is 22.6. The molecule has 1 aromatic heterocycles. The lowest BCUT2D eigenvalue weighted by atomic mass is 10.1. The fourth-order valence-corrected chi connectivity index (χ4v) is 4.90. The van der Waals surface area contributed by atoms with Gasteiger partial charge in [-0.25, -0.2) is 19.2 Å². The van der Waals surface area contributed by atoms with Crippen molar-refractivity contribution in [2.24, 2.45) is 0 Å². The molecule has 4 aromatic rings. The minimum absolute atomic E-state index is 0.00519. The van der Waals surface area contributed by atoms with E-state index in [1.807, 2.05) is 36.4 Å². The zero-order chi connectivity index (χ0) is 28.3. The van der Waals surface area contributed by atoms with Crippen molar-refractivity contribution in [3.63, 3.8) is 0 Å². The van der Waals surface area contributed by atoms with Crippen LogP contribution >= 0.6 is 11.6 Å². The molecule has 0 spiro atoms. The molecule has 2 aliphatic rings. The van der Waals surface area contributed by atoms with Crippen LogP contribution in [0.2, 0.25) is 5.02 Å². The van der Waals surface area contributed by atoms with Crippen LogP contribution in [-0.2, 0) is 16.1 Å². The average molecular weight is 577 g/mol. The topological polar surface area (TPSA) is 118 Å². The lowest BCUT2D eigenvalue weighted by Crippen LogP contribution is -2.49. The number of nitrogens with one attached hydrogen (secondary N) is 3. The van der Waals surface area contributed by atoms with E-state index < -0.39 is 11.8 Å². The number of ether oxygens (including phenoxy) is 2. The molecule has 0 saturated carbocycles. The van der Waals surface area contributed by atoms with Crippen LogP contribution in [-0.4, -0.2) is 47.8 Å². The second kappa shape index (κ2) is 11.6. The highest BCUT2D eigenvalue weighted by molar-refractivity contribution is 6.31. The number of anilines is 4. The van der Waals surface area contributed by atoms with E-state index >= 15 is 0 Å². The predicted octanol–water partition coefficient (Wildman–Crippen LogP) is 5.39. The van der Waals surface area contributed by atoms with Crippen molar-refractivity contribution in [3.05, 3.63) is 77.3 Å². The van der Waals surface area contributed by atoms with Crippen LogP contribution in [0.3, 0.4) is 0 Å². The Morgan fingerprint density at radius 2 is 1.98 bits per heavy atom. The van der Waals surface area contributed by atoms with E-state index in [1.54, 1.807) is 11.0 Å². The third-order valence-electron chi connectivity index (χ3n) is 6.89. The number of urea groups is 1. The molecule has 0 aliphatic carbocycles. The smallest absolute Gasteiger partial charge is 0.328 e. The van der Waals surface area contributed by atoms with Gasteiger partial charge in [-0.3, -0.25) is 15.0 Å². The molecule has 3 aromatic carbocycles. The van der Waals surface area contributed by atoms with Gasteiger partial charge in [0.2, 0.25) is 5.91 Å². The fourth-order valence-electron chi connectivity index (χ4n) is 4.72. The van der Waals surface area contributed by atoms with Gasteiger partial charge in [0.05, 0.1) is 29.4 Å². The van der Waals surface area contributed by atoms with Gasteiger partial charge in [0.15, 0.2) is 0 Å². The molecule has 3 amide bonds. The van der Waals surface area contributed by atoms with Gasteiger partial charge in [-0.05, 0) is 42.0 Å². The van der Waals surface area contributed by atoms with Gasteiger partial charge in [0.1, 0.15) is 29.8 Å². The lowest BCUT2D eigenvalue weighted by molar-refractivity contribution is -0.120. The van der Waals surface area contributed by atoms with Gasteiger partial charge >= 0.3 is 6.03 Å². The maximum atomic E-state index is 13.7. The summed E-state index contributed by atoms with van der Waals surface area (Å²) in [6, 6.07) is 15.3. The third-order valence-corrected chi connectivity index (χ3v) is 7.18. The normalized spacial score (nSPS) is 17.0. The van der Waals surface area contributed by atoms with E-state index in [2.05, 4.69) is 25.9 Å². The minimum atomic E-state index is -0.503. The highest BCUT2D eigenvalue weighted by Gasteiger charge is 2.24. The van der Waals surface area contributed by atoms with Gasteiger partial charge in [-0.1, -0.05) is 23.7 Å². The summed E-state index contributed by atoms with van der Waals surface area (Å²) in [6.45, 7) is 1.97. The third kappa shape index (κ3) is 6.01. The molecule has 10 nitrogen and oxygen atoms in total. The molecule has 0 unspecified atom stereocenters. The Morgan fingerprint density at radius 3 is 2.73 bits per heavy atom. The number of imide groups is 1. The second-order valence-electron chi connectivity index (χ2n) is 9.72. The largest absolute Gasteiger partial charge is 0.486 e. The van der Waals surface area contributed by atoms with Crippen LogP contribution in [0.5, 0.6) is 5.75 Å². The summed E-state index contributed by atoms with van der Waals surface area (Å²) in [5.74, 6) is 0.388. The zero-order valence-electron chi connectivity index (χ0n) is 21.8. The Hall–Kier alpha value is -4.48. The van der Waals surface area contributed by atoms with Crippen LogP contribution in [0.15, 0.2) is 60.9 Å². The van der Waals surface area contributed by atoms with Crippen LogP contribution in [0, 0.1) is 5.82 Å². The summed E-state index contributed by atoms with van der Waals surface area (Å²) in [7, 11) is 0. The highest BCUT2D eigenvalue weighted by Crippen LogP contribution is 2.35. The van der Waals surface area contributed by atoms with Crippen molar-refractivity contribution in [3.8, 4) is 5.75 Å². The first-order valence-electron chi connectivity index (χ1n) is 13.1. The number of amides is 3. The Labute approximate surface area is 239 Å². The summed E-state index contributed by atoms with van der Waals surface area (Å²) in [4.78, 5) is 34.0. The van der Waals surface area contributed by atoms with Crippen molar-refractivity contribution in [1.82, 2.24) is 15.3 Å². The molecule has 1 atom stereocenters. The lowest BCUT2D eigenvalue weighted by Gasteiger charge is -2.26. The highest BCUT2D eigenvalue weighted by atomic mass is 35.5. The van der Waals surface area contributed by atoms with Crippen molar-refractivity contribution >= 4 is 57.3 Å². The maximum absolute atomic E-state index is 13.7. The maximum Gasteiger partial charge on any atom is 0.328 e. The van der Waals surface area contributed by atoms with Crippen molar-refractivity contribution in [2.75, 3.05) is 35.3 Å². The first-order valence-corrected chi connectivity index (χ1v) is 13.5. The molecule has 0 radical (unpaired) electrons. The number of halogens is 2. The van der Waals surface area contributed by atoms with Crippen LogP contribution < -0.4 is 25.6 Å². The predicted molar refractivity (Wildman–Crippen MR) is 153 cm³/mol. The molecule has 2 saturated heterocycles. The molecule has 3 N–H and O–H groups in total. The number of nitrogens with zero attached hydrogens (tertiary/aromatic N) is 3. The van der Waals surface area contributed by atoms with E-state index in [-0.39, 0.29) is 23.5 Å². The van der Waals surface area contributed by atoms with Crippen molar-refractivity contribution in [1.29, 1.82) is 0 Å². The van der Waals surface area contributed by atoms with E-state index in [0.29, 0.717) is 54.8 Å². The van der Waals surface area contributed by atoms with Gasteiger partial charge < -0.3 is 20.1 Å². The molecular weight excluding hydrogens is 551 g/mol. The molecule has 210 valence electrons. The number of fused-ring (bicyclic) bond motifs is 1. The number of rotatable bonds is 8. The fraction of sp³-hybridized carbons (Fsp3) is 0.241. The average Bonchev–Trinajstić information content (AvgIpc) is 3.48. The Balaban J connectivity index is 1.26. The van der Waals surface area contributed by atoms with Crippen molar-refractivity contribution < 1.29 is 23.5 Å². The number of hydrogen-bond acceptors (Lipinski definition) is 8. The number of carbonyl (C=O) groups excluding carboxylic acids is 2. The van der Waals surface area contributed by atoms with Gasteiger partial charge in [-0.2, -0.15) is 0 Å². The SMILES string of the molecule is O=C1CCN(c2ccc(CNc3cc4c(Nc5ccc(F)c(Cl)c5)ncnc4cc3O[C@H]3CCOC3)cc2)C(=O)N1. The number of benzene rings is 3. The summed E-state index contributed by atoms with van der Waals surface area (Å²) < 4.78 is 25.5. The van der Waals surface area contributed by atoms with Crippen LogP contribution in [0.4, 0.5) is 32.1 Å². The van der Waals surface area contributed by atoms with Crippen LogP contribution in [0.25, 0.3) is 10.9 Å². The van der Waals surface area contributed by atoms with Gasteiger partial charge in [0.25, 0.3) is 0 Å². The second-order valence-corrected chi connectivity index (χ2v) is 10.1. The summed E-state index contributed by atoms with van der Waals surface area (Å²) in [5, 5.41) is 9.73. The van der Waals surface area contributed by atoms with E-state index in [4.69, 9.17) is 21.1 Å². The Bertz CT molecular complexity index is 1610. The molecule has 6 rings (SSSR count). The van der Waals surface area contributed by atoms with E-state index in [0.717, 1.165) is 23.1 Å². The van der Waals surface area contributed by atoms with Crippen molar-refractivity contribution in [2.45, 2.75) is 25.5 Å². The minimum Gasteiger partial charge on any atom is -0.486 e. The summed E-state index contributed by atoms with van der Waals surface area (Å²) in [5.41, 5.74) is 3.67. The number of aromatic nitrogens is 2. The molecule has 2 aliphatic heterocycles. The first-order chi connectivity index (χ1) is 19.9. The quantitative estimate of drug-likeness (QED) is 0.255.